The molecule has 0 spiro atoms. The van der Waals surface area contributed by atoms with Gasteiger partial charge in [-0.2, -0.15) is 0 Å². The molecule has 4 heteroatoms. The van der Waals surface area contributed by atoms with Crippen molar-refractivity contribution in [1.82, 2.24) is 0 Å². The van der Waals surface area contributed by atoms with Crippen molar-refractivity contribution < 1.29 is 9.53 Å². The minimum absolute atomic E-state index is 0.354. The zero-order valence-electron chi connectivity index (χ0n) is 10.6. The predicted octanol–water partition coefficient (Wildman–Crippen LogP) is 1.32. The number of para-hydroxylation sites is 1. The highest BCUT2D eigenvalue weighted by Crippen LogP contribution is 2.17. The first-order chi connectivity index (χ1) is 8.06. The number of hydrogen-bond donors (Lipinski definition) is 1. The molecule has 2 N–H and O–H groups in total. The Morgan fingerprint density at radius 2 is 2.12 bits per heavy atom. The van der Waals surface area contributed by atoms with Gasteiger partial charge in [0.05, 0.1) is 6.61 Å². The topological polar surface area (TPSA) is 55.6 Å². The predicted molar refractivity (Wildman–Crippen MR) is 69.1 cm³/mol. The summed E-state index contributed by atoms with van der Waals surface area (Å²) in [4.78, 5) is 13.4. The standard InChI is InChI=1S/C13H20N2O2/c1-4-17-13(16)11(14)9-15(3)12-8-6-5-7-10(12)2/h5-8,11H,4,9,14H2,1-3H3. The number of aryl methyl sites for hydroxylation is 1. The molecule has 0 fully saturated rings. The lowest BCUT2D eigenvalue weighted by Crippen LogP contribution is -2.42. The Labute approximate surface area is 102 Å². The molecule has 0 amide bonds. The maximum Gasteiger partial charge on any atom is 0.324 e. The van der Waals surface area contributed by atoms with Gasteiger partial charge in [-0.05, 0) is 25.5 Å². The number of nitrogens with two attached hydrogens (primary N) is 1. The largest absolute Gasteiger partial charge is 0.465 e. The van der Waals surface area contributed by atoms with Crippen LogP contribution >= 0.6 is 0 Å². The van der Waals surface area contributed by atoms with Crippen molar-refractivity contribution >= 4 is 11.7 Å². The number of rotatable bonds is 5. The van der Waals surface area contributed by atoms with Gasteiger partial charge < -0.3 is 15.4 Å². The molecule has 0 aliphatic rings. The third kappa shape index (κ3) is 3.75. The third-order valence-electron chi connectivity index (χ3n) is 2.59. The van der Waals surface area contributed by atoms with Gasteiger partial charge in [-0.3, -0.25) is 4.79 Å². The first kappa shape index (κ1) is 13.5. The molecule has 0 aliphatic heterocycles. The molecule has 17 heavy (non-hydrogen) atoms. The number of hydrogen-bond acceptors (Lipinski definition) is 4. The summed E-state index contributed by atoms with van der Waals surface area (Å²) in [7, 11) is 1.92. The van der Waals surface area contributed by atoms with Crippen LogP contribution in [-0.4, -0.2) is 32.2 Å². The van der Waals surface area contributed by atoms with Gasteiger partial charge in [0.25, 0.3) is 0 Å². The minimum atomic E-state index is -0.612. The number of esters is 1. The van der Waals surface area contributed by atoms with Gasteiger partial charge >= 0.3 is 5.97 Å². The molecule has 1 rings (SSSR count). The number of ether oxygens (including phenoxy) is 1. The zero-order chi connectivity index (χ0) is 12.8. The maximum atomic E-state index is 11.4. The summed E-state index contributed by atoms with van der Waals surface area (Å²) in [5.41, 5.74) is 8.01. The Kier molecular flexibility index (Phi) is 4.97. The van der Waals surface area contributed by atoms with E-state index in [1.807, 2.05) is 43.1 Å². The SMILES string of the molecule is CCOC(=O)C(N)CN(C)c1ccccc1C. The Morgan fingerprint density at radius 1 is 1.47 bits per heavy atom. The van der Waals surface area contributed by atoms with Crippen molar-refractivity contribution in [2.75, 3.05) is 25.1 Å². The zero-order valence-corrected chi connectivity index (χ0v) is 10.6. The lowest BCUT2D eigenvalue weighted by Gasteiger charge is -2.23. The molecule has 4 nitrogen and oxygen atoms in total. The van der Waals surface area contributed by atoms with Gasteiger partial charge in [0.15, 0.2) is 0 Å². The van der Waals surface area contributed by atoms with Gasteiger partial charge in [-0.15, -0.1) is 0 Å². The number of carbonyl (C=O) groups is 1. The van der Waals surface area contributed by atoms with E-state index in [9.17, 15) is 4.79 Å². The van der Waals surface area contributed by atoms with E-state index in [1.54, 1.807) is 6.92 Å². The van der Waals surface area contributed by atoms with Crippen LogP contribution in [0.25, 0.3) is 0 Å². The number of anilines is 1. The first-order valence-electron chi connectivity index (χ1n) is 5.75. The van der Waals surface area contributed by atoms with Crippen molar-refractivity contribution in [2.24, 2.45) is 5.73 Å². The van der Waals surface area contributed by atoms with Crippen molar-refractivity contribution in [3.8, 4) is 0 Å². The molecule has 0 aromatic heterocycles. The van der Waals surface area contributed by atoms with Crippen LogP contribution in [0.4, 0.5) is 5.69 Å². The number of benzene rings is 1. The molecular weight excluding hydrogens is 216 g/mol. The van der Waals surface area contributed by atoms with Gasteiger partial charge in [-0.1, -0.05) is 18.2 Å². The van der Waals surface area contributed by atoms with E-state index in [0.717, 1.165) is 11.3 Å². The van der Waals surface area contributed by atoms with E-state index >= 15 is 0 Å². The Hall–Kier alpha value is -1.55. The van der Waals surface area contributed by atoms with Crippen LogP contribution in [0, 0.1) is 6.92 Å². The minimum Gasteiger partial charge on any atom is -0.465 e. The lowest BCUT2D eigenvalue weighted by molar-refractivity contribution is -0.144. The summed E-state index contributed by atoms with van der Waals surface area (Å²) in [5.74, 6) is -0.354. The van der Waals surface area contributed by atoms with Crippen LogP contribution in [0.5, 0.6) is 0 Å². The highest BCUT2D eigenvalue weighted by Gasteiger charge is 2.17. The van der Waals surface area contributed by atoms with Crippen LogP contribution in [0.15, 0.2) is 24.3 Å². The summed E-state index contributed by atoms with van der Waals surface area (Å²) < 4.78 is 4.88. The molecule has 1 unspecified atom stereocenters. The van der Waals surface area contributed by atoms with E-state index in [0.29, 0.717) is 13.2 Å². The summed E-state index contributed by atoms with van der Waals surface area (Å²) in [6, 6.07) is 7.38. The number of nitrogens with zero attached hydrogens (tertiary/aromatic N) is 1. The van der Waals surface area contributed by atoms with Crippen molar-refractivity contribution in [1.29, 1.82) is 0 Å². The first-order valence-corrected chi connectivity index (χ1v) is 5.75. The van der Waals surface area contributed by atoms with Crippen LogP contribution in [0.3, 0.4) is 0 Å². The third-order valence-corrected chi connectivity index (χ3v) is 2.59. The van der Waals surface area contributed by atoms with Gasteiger partial charge in [0.2, 0.25) is 0 Å². The molecule has 0 aliphatic carbocycles. The van der Waals surface area contributed by atoms with Crippen LogP contribution in [-0.2, 0) is 9.53 Å². The van der Waals surface area contributed by atoms with Gasteiger partial charge in [0.1, 0.15) is 6.04 Å². The maximum absolute atomic E-state index is 11.4. The van der Waals surface area contributed by atoms with Crippen molar-refractivity contribution in [3.05, 3.63) is 29.8 Å². The molecule has 0 saturated heterocycles. The molecule has 1 atom stereocenters. The van der Waals surface area contributed by atoms with Crippen LogP contribution < -0.4 is 10.6 Å². The average molecular weight is 236 g/mol. The van der Waals surface area contributed by atoms with Gasteiger partial charge in [0, 0.05) is 19.3 Å². The van der Waals surface area contributed by atoms with E-state index in [4.69, 9.17) is 10.5 Å². The average Bonchev–Trinajstić information content (AvgIpc) is 2.29. The molecule has 0 radical (unpaired) electrons. The second-order valence-electron chi connectivity index (χ2n) is 4.03. The van der Waals surface area contributed by atoms with Gasteiger partial charge in [-0.25, -0.2) is 0 Å². The highest BCUT2D eigenvalue weighted by molar-refractivity contribution is 5.76. The fourth-order valence-electron chi connectivity index (χ4n) is 1.71. The summed E-state index contributed by atoms with van der Waals surface area (Å²) in [5, 5.41) is 0. The molecule has 1 aromatic carbocycles. The van der Waals surface area contributed by atoms with Crippen molar-refractivity contribution in [2.45, 2.75) is 19.9 Å². The Bertz CT molecular complexity index is 379. The van der Waals surface area contributed by atoms with E-state index in [2.05, 4.69) is 0 Å². The molecule has 0 saturated carbocycles. The van der Waals surface area contributed by atoms with Crippen molar-refractivity contribution in [3.63, 3.8) is 0 Å². The molecule has 0 heterocycles. The molecule has 1 aromatic rings. The van der Waals surface area contributed by atoms with Crippen LogP contribution in [0.1, 0.15) is 12.5 Å². The molecule has 94 valence electrons. The Morgan fingerprint density at radius 3 is 2.71 bits per heavy atom. The summed E-state index contributed by atoms with van der Waals surface area (Å²) >= 11 is 0. The summed E-state index contributed by atoms with van der Waals surface area (Å²) in [6.07, 6.45) is 0. The van der Waals surface area contributed by atoms with E-state index in [1.165, 1.54) is 0 Å². The molecule has 0 bridgehead atoms. The van der Waals surface area contributed by atoms with E-state index in [-0.39, 0.29) is 5.97 Å². The number of carbonyl (C=O) groups excluding carboxylic acids is 1. The smallest absolute Gasteiger partial charge is 0.324 e. The quantitative estimate of drug-likeness (QED) is 0.783. The second-order valence-corrected chi connectivity index (χ2v) is 4.03. The number of likely N-dealkylation sites (N-methyl/N-ethyl adjacent to an activating group) is 1. The van der Waals surface area contributed by atoms with E-state index < -0.39 is 6.04 Å². The lowest BCUT2D eigenvalue weighted by atomic mass is 10.1. The highest BCUT2D eigenvalue weighted by atomic mass is 16.5. The Balaban J connectivity index is 2.63. The van der Waals surface area contributed by atoms with Crippen LogP contribution in [0.2, 0.25) is 0 Å². The molecular formula is C13H20N2O2. The monoisotopic (exact) mass is 236 g/mol. The fraction of sp³-hybridized carbons (Fsp3) is 0.462. The normalized spacial score (nSPS) is 12.0. The fourth-order valence-corrected chi connectivity index (χ4v) is 1.71. The second kappa shape index (κ2) is 6.25. The summed E-state index contributed by atoms with van der Waals surface area (Å²) in [6.45, 7) is 4.61.